The Balaban J connectivity index is 2.12. The van der Waals surface area contributed by atoms with E-state index < -0.39 is 29.3 Å². The number of Topliss-reactive ketones (excluding diaryl/α,β-unsaturated/α-hetero) is 1. The molecule has 1 fully saturated rings. The summed E-state index contributed by atoms with van der Waals surface area (Å²) in [4.78, 5) is 26.3. The Hall–Kier alpha value is -3.15. The number of likely N-dealkylation sites (N-methyl/N-ethyl adjacent to an activating group) is 1. The molecule has 0 bridgehead atoms. The Morgan fingerprint density at radius 1 is 1.10 bits per heavy atom. The second kappa shape index (κ2) is 7.35. The highest BCUT2D eigenvalue weighted by molar-refractivity contribution is 6.46. The lowest BCUT2D eigenvalue weighted by Crippen LogP contribution is -2.25. The number of aliphatic hydroxyl groups is 1. The Morgan fingerprint density at radius 3 is 2.24 bits per heavy atom. The Bertz CT molecular complexity index is 1000. The van der Waals surface area contributed by atoms with Crippen LogP contribution in [0.3, 0.4) is 0 Å². The molecule has 0 radical (unpaired) electrons. The van der Waals surface area contributed by atoms with Gasteiger partial charge >= 0.3 is 0 Å². The van der Waals surface area contributed by atoms with Crippen molar-refractivity contribution in [2.45, 2.75) is 32.2 Å². The molecule has 1 N–H and O–H groups in total. The molecule has 1 saturated heterocycles. The molecule has 1 aliphatic rings. The van der Waals surface area contributed by atoms with Crippen LogP contribution in [0, 0.1) is 5.82 Å². The van der Waals surface area contributed by atoms with Gasteiger partial charge in [0.05, 0.1) is 18.7 Å². The van der Waals surface area contributed by atoms with E-state index >= 15 is 0 Å². The van der Waals surface area contributed by atoms with E-state index in [4.69, 9.17) is 4.74 Å². The number of nitrogens with zero attached hydrogens (tertiary/aromatic N) is 1. The molecule has 0 aliphatic carbocycles. The van der Waals surface area contributed by atoms with E-state index in [0.29, 0.717) is 5.56 Å². The molecule has 2 aromatic carbocycles. The predicted molar refractivity (Wildman–Crippen MR) is 108 cm³/mol. The smallest absolute Gasteiger partial charge is 0.295 e. The lowest BCUT2D eigenvalue weighted by atomic mass is 9.85. The summed E-state index contributed by atoms with van der Waals surface area (Å²) in [7, 11) is 2.85. The zero-order valence-electron chi connectivity index (χ0n) is 17.1. The number of benzene rings is 2. The molecule has 1 aliphatic heterocycles. The monoisotopic (exact) mass is 397 g/mol. The van der Waals surface area contributed by atoms with Crippen LogP contribution in [0.5, 0.6) is 5.75 Å². The van der Waals surface area contributed by atoms with Crippen molar-refractivity contribution in [1.82, 2.24) is 4.90 Å². The van der Waals surface area contributed by atoms with Gasteiger partial charge in [0.15, 0.2) is 11.6 Å². The molecular formula is C23H24FNO4. The van der Waals surface area contributed by atoms with Gasteiger partial charge in [-0.05, 0) is 34.7 Å². The van der Waals surface area contributed by atoms with Gasteiger partial charge < -0.3 is 14.7 Å². The number of amides is 1. The van der Waals surface area contributed by atoms with Crippen LogP contribution in [0.4, 0.5) is 4.39 Å². The number of halogens is 1. The van der Waals surface area contributed by atoms with Crippen LogP contribution in [0.15, 0.2) is 48.0 Å². The molecule has 0 spiro atoms. The maximum absolute atomic E-state index is 14.1. The highest BCUT2D eigenvalue weighted by atomic mass is 19.1. The molecule has 29 heavy (non-hydrogen) atoms. The number of methoxy groups -OCH3 is 1. The van der Waals surface area contributed by atoms with Crippen LogP contribution in [0.2, 0.25) is 0 Å². The first kappa shape index (κ1) is 20.6. The number of hydrogen-bond acceptors (Lipinski definition) is 4. The van der Waals surface area contributed by atoms with E-state index in [0.717, 1.165) is 11.6 Å². The van der Waals surface area contributed by atoms with Gasteiger partial charge in [-0.3, -0.25) is 9.59 Å². The molecule has 1 unspecified atom stereocenters. The summed E-state index contributed by atoms with van der Waals surface area (Å²) in [6, 6.07) is 10.7. The van der Waals surface area contributed by atoms with E-state index in [-0.39, 0.29) is 22.3 Å². The zero-order chi connectivity index (χ0) is 21.5. The van der Waals surface area contributed by atoms with E-state index in [1.807, 2.05) is 24.3 Å². The van der Waals surface area contributed by atoms with Gasteiger partial charge in [-0.1, -0.05) is 45.0 Å². The normalized spacial score (nSPS) is 19.0. The molecule has 152 valence electrons. The molecule has 0 aromatic heterocycles. The standard InChI is InChI=1S/C23H24FNO4/c1-23(2,3)15-9-6-13(7-10-15)19-18(21(27)22(28)25(19)4)20(26)14-8-11-17(29-5)16(24)12-14/h6-12,19,26H,1-5H3/b20-18+. The Kier molecular flexibility index (Phi) is 5.22. The van der Waals surface area contributed by atoms with Gasteiger partial charge in [0.25, 0.3) is 11.7 Å². The summed E-state index contributed by atoms with van der Waals surface area (Å²) < 4.78 is 19.0. The summed E-state index contributed by atoms with van der Waals surface area (Å²) in [6.07, 6.45) is 0. The number of carbonyl (C=O) groups excluding carboxylic acids is 2. The first-order valence-corrected chi connectivity index (χ1v) is 9.25. The first-order chi connectivity index (χ1) is 13.6. The van der Waals surface area contributed by atoms with E-state index in [1.54, 1.807) is 0 Å². The van der Waals surface area contributed by atoms with Crippen molar-refractivity contribution in [3.63, 3.8) is 0 Å². The lowest BCUT2D eigenvalue weighted by molar-refractivity contribution is -0.139. The summed E-state index contributed by atoms with van der Waals surface area (Å²) >= 11 is 0. The third-order valence-corrected chi connectivity index (χ3v) is 5.19. The zero-order valence-corrected chi connectivity index (χ0v) is 17.1. The molecule has 6 heteroatoms. The summed E-state index contributed by atoms with van der Waals surface area (Å²) in [5.41, 5.74) is 1.78. The lowest BCUT2D eigenvalue weighted by Gasteiger charge is -2.23. The minimum absolute atomic E-state index is 0.0202. The van der Waals surface area contributed by atoms with Gasteiger partial charge in [0.2, 0.25) is 0 Å². The van der Waals surface area contributed by atoms with Crippen LogP contribution in [0.1, 0.15) is 43.5 Å². The molecule has 1 atom stereocenters. The maximum Gasteiger partial charge on any atom is 0.295 e. The van der Waals surface area contributed by atoms with Gasteiger partial charge in [0, 0.05) is 12.6 Å². The second-order valence-electron chi connectivity index (χ2n) is 8.13. The fraction of sp³-hybridized carbons (Fsp3) is 0.304. The molecule has 0 saturated carbocycles. The predicted octanol–water partition coefficient (Wildman–Crippen LogP) is 4.18. The van der Waals surface area contributed by atoms with E-state index in [1.165, 1.54) is 31.2 Å². The van der Waals surface area contributed by atoms with Gasteiger partial charge in [-0.2, -0.15) is 0 Å². The number of rotatable bonds is 3. The van der Waals surface area contributed by atoms with Crippen LogP contribution >= 0.6 is 0 Å². The average Bonchev–Trinajstić information content (AvgIpc) is 2.90. The second-order valence-corrected chi connectivity index (χ2v) is 8.13. The van der Waals surface area contributed by atoms with Gasteiger partial charge in [-0.25, -0.2) is 4.39 Å². The molecule has 3 rings (SSSR count). The van der Waals surface area contributed by atoms with Crippen molar-refractivity contribution in [1.29, 1.82) is 0 Å². The largest absolute Gasteiger partial charge is 0.507 e. The molecule has 5 nitrogen and oxygen atoms in total. The summed E-state index contributed by atoms with van der Waals surface area (Å²) in [5, 5.41) is 10.8. The van der Waals surface area contributed by atoms with Crippen LogP contribution in [-0.4, -0.2) is 35.9 Å². The van der Waals surface area contributed by atoms with Crippen molar-refractivity contribution < 1.29 is 23.8 Å². The van der Waals surface area contributed by atoms with E-state index in [2.05, 4.69) is 20.8 Å². The van der Waals surface area contributed by atoms with Crippen LogP contribution in [-0.2, 0) is 15.0 Å². The summed E-state index contributed by atoms with van der Waals surface area (Å²) in [5.74, 6) is -2.59. The number of carbonyl (C=O) groups is 2. The number of ketones is 1. The minimum Gasteiger partial charge on any atom is -0.507 e. The van der Waals surface area contributed by atoms with Crippen LogP contribution < -0.4 is 4.74 Å². The highest BCUT2D eigenvalue weighted by Gasteiger charge is 2.44. The summed E-state index contributed by atoms with van der Waals surface area (Å²) in [6.45, 7) is 6.27. The van der Waals surface area contributed by atoms with Crippen molar-refractivity contribution in [3.8, 4) is 5.75 Å². The number of aliphatic hydroxyl groups excluding tert-OH is 1. The number of hydrogen-bond donors (Lipinski definition) is 1. The Labute approximate surface area is 169 Å². The van der Waals surface area contributed by atoms with Crippen molar-refractivity contribution in [2.75, 3.05) is 14.2 Å². The first-order valence-electron chi connectivity index (χ1n) is 9.25. The maximum atomic E-state index is 14.1. The van der Waals surface area contributed by atoms with Crippen LogP contribution in [0.25, 0.3) is 5.76 Å². The molecule has 1 amide bonds. The minimum atomic E-state index is -0.800. The average molecular weight is 397 g/mol. The third-order valence-electron chi connectivity index (χ3n) is 5.19. The molecular weight excluding hydrogens is 373 g/mol. The third kappa shape index (κ3) is 3.62. The quantitative estimate of drug-likeness (QED) is 0.479. The fourth-order valence-electron chi connectivity index (χ4n) is 3.47. The fourth-order valence-corrected chi connectivity index (χ4v) is 3.47. The number of likely N-dealkylation sites (tertiary alicyclic amines) is 1. The van der Waals surface area contributed by atoms with Crippen molar-refractivity contribution >= 4 is 17.4 Å². The van der Waals surface area contributed by atoms with E-state index in [9.17, 15) is 19.1 Å². The van der Waals surface area contributed by atoms with Gasteiger partial charge in [0.1, 0.15) is 5.76 Å². The SMILES string of the molecule is COc1ccc(/C(O)=C2\C(=O)C(=O)N(C)C2c2ccc(C(C)(C)C)cc2)cc1F. The van der Waals surface area contributed by atoms with Gasteiger partial charge in [-0.15, -0.1) is 0 Å². The molecule has 2 aromatic rings. The highest BCUT2D eigenvalue weighted by Crippen LogP contribution is 2.39. The van der Waals surface area contributed by atoms with Crippen molar-refractivity contribution in [2.24, 2.45) is 0 Å². The topological polar surface area (TPSA) is 66.8 Å². The molecule has 1 heterocycles. The Morgan fingerprint density at radius 2 is 1.72 bits per heavy atom. The van der Waals surface area contributed by atoms with Crippen molar-refractivity contribution in [3.05, 3.63) is 70.5 Å². The number of ether oxygens (including phenoxy) is 1.